The summed E-state index contributed by atoms with van der Waals surface area (Å²) in [5, 5.41) is 11.4. The molecule has 0 atom stereocenters. The number of hydrogen-bond donors (Lipinski definition) is 2. The summed E-state index contributed by atoms with van der Waals surface area (Å²) in [5.74, 6) is -0.832. The van der Waals surface area contributed by atoms with E-state index in [1.807, 2.05) is 0 Å². The van der Waals surface area contributed by atoms with Crippen LogP contribution in [0.1, 0.15) is 22.5 Å². The molecule has 0 aliphatic rings. The number of alkyl halides is 1. The summed E-state index contributed by atoms with van der Waals surface area (Å²) in [6.07, 6.45) is 2.11. The molecule has 0 fully saturated rings. The highest BCUT2D eigenvalue weighted by Gasteiger charge is 2.10. The summed E-state index contributed by atoms with van der Waals surface area (Å²) < 4.78 is 0. The summed E-state index contributed by atoms with van der Waals surface area (Å²) in [5.41, 5.74) is 0. The van der Waals surface area contributed by atoms with Gasteiger partial charge in [0.1, 0.15) is 4.88 Å². The minimum Gasteiger partial charge on any atom is -0.477 e. The fourth-order valence-electron chi connectivity index (χ4n) is 0.840. The second-order valence-electron chi connectivity index (χ2n) is 2.68. The lowest BCUT2D eigenvalue weighted by molar-refractivity contribution is -0.116. The number of halogens is 1. The predicted octanol–water partition coefficient (Wildman–Crippen LogP) is 1.80. The monoisotopic (exact) mass is 248 g/mol. The zero-order chi connectivity index (χ0) is 11.3. The average molecular weight is 249 g/mol. The van der Waals surface area contributed by atoms with Crippen LogP contribution in [0.4, 0.5) is 5.13 Å². The second kappa shape index (κ2) is 5.67. The summed E-state index contributed by atoms with van der Waals surface area (Å²) >= 11 is 6.35. The topological polar surface area (TPSA) is 79.3 Å². The fourth-order valence-corrected chi connectivity index (χ4v) is 1.64. The van der Waals surface area contributed by atoms with Crippen LogP contribution in [0.5, 0.6) is 0 Å². The molecular formula is C8H9ClN2O3S. The van der Waals surface area contributed by atoms with E-state index in [4.69, 9.17) is 16.7 Å². The van der Waals surface area contributed by atoms with E-state index in [0.717, 1.165) is 11.3 Å². The van der Waals surface area contributed by atoms with E-state index in [-0.39, 0.29) is 10.8 Å². The Labute approximate surface area is 95.1 Å². The van der Waals surface area contributed by atoms with Crippen molar-refractivity contribution in [1.82, 2.24) is 4.98 Å². The molecule has 0 saturated carbocycles. The van der Waals surface area contributed by atoms with Crippen LogP contribution in [0, 0.1) is 0 Å². The molecule has 1 heterocycles. The molecular weight excluding hydrogens is 240 g/mol. The van der Waals surface area contributed by atoms with E-state index in [9.17, 15) is 9.59 Å². The lowest BCUT2D eigenvalue weighted by Crippen LogP contribution is -2.10. The molecule has 0 aliphatic heterocycles. The summed E-state index contributed by atoms with van der Waals surface area (Å²) in [6, 6.07) is 0. The van der Waals surface area contributed by atoms with Gasteiger partial charge in [0.15, 0.2) is 5.13 Å². The molecule has 1 amide bonds. The van der Waals surface area contributed by atoms with Gasteiger partial charge in [-0.25, -0.2) is 9.78 Å². The Bertz CT molecular complexity index is 367. The quantitative estimate of drug-likeness (QED) is 0.779. The van der Waals surface area contributed by atoms with E-state index < -0.39 is 5.97 Å². The minimum absolute atomic E-state index is 0.0997. The Hall–Kier alpha value is -1.14. The molecule has 1 aromatic heterocycles. The third kappa shape index (κ3) is 3.85. The number of hydrogen-bond acceptors (Lipinski definition) is 4. The predicted molar refractivity (Wildman–Crippen MR) is 57.7 cm³/mol. The summed E-state index contributed by atoms with van der Waals surface area (Å²) in [4.78, 5) is 25.6. The maximum absolute atomic E-state index is 11.2. The Kier molecular flexibility index (Phi) is 4.51. The molecule has 1 rings (SSSR count). The van der Waals surface area contributed by atoms with E-state index in [2.05, 4.69) is 10.3 Å². The lowest BCUT2D eigenvalue weighted by atomic mass is 10.3. The number of anilines is 1. The van der Waals surface area contributed by atoms with Crippen LogP contribution < -0.4 is 5.32 Å². The summed E-state index contributed by atoms with van der Waals surface area (Å²) in [6.45, 7) is 0. The Morgan fingerprint density at radius 2 is 2.33 bits per heavy atom. The van der Waals surface area contributed by atoms with Gasteiger partial charge in [-0.2, -0.15) is 0 Å². The van der Waals surface area contributed by atoms with Gasteiger partial charge in [0.25, 0.3) is 0 Å². The highest BCUT2D eigenvalue weighted by atomic mass is 35.5. The molecule has 0 spiro atoms. The van der Waals surface area contributed by atoms with E-state index >= 15 is 0 Å². The first-order valence-electron chi connectivity index (χ1n) is 4.18. The minimum atomic E-state index is -1.05. The van der Waals surface area contributed by atoms with Crippen molar-refractivity contribution in [3.8, 4) is 0 Å². The van der Waals surface area contributed by atoms with Crippen molar-refractivity contribution in [1.29, 1.82) is 0 Å². The van der Waals surface area contributed by atoms with Gasteiger partial charge < -0.3 is 10.4 Å². The number of nitrogens with one attached hydrogen (secondary N) is 1. The number of aromatic carboxylic acids is 1. The first-order chi connectivity index (χ1) is 7.13. The van der Waals surface area contributed by atoms with Crippen LogP contribution in [-0.2, 0) is 4.79 Å². The highest BCUT2D eigenvalue weighted by molar-refractivity contribution is 7.17. The van der Waals surface area contributed by atoms with Gasteiger partial charge in [-0.05, 0) is 6.42 Å². The number of rotatable bonds is 5. The van der Waals surface area contributed by atoms with Crippen LogP contribution in [0.15, 0.2) is 6.20 Å². The molecule has 0 radical (unpaired) electrons. The van der Waals surface area contributed by atoms with Crippen molar-refractivity contribution >= 4 is 39.9 Å². The third-order valence-electron chi connectivity index (χ3n) is 1.50. The Balaban J connectivity index is 2.50. The number of carboxylic acid groups (broad SMARTS) is 1. The number of carboxylic acids is 1. The number of nitrogens with zero attached hydrogens (tertiary/aromatic N) is 1. The first-order valence-corrected chi connectivity index (χ1v) is 5.53. The Morgan fingerprint density at radius 3 is 2.87 bits per heavy atom. The smallest absolute Gasteiger partial charge is 0.347 e. The Morgan fingerprint density at radius 1 is 1.60 bits per heavy atom. The molecule has 0 unspecified atom stereocenters. The van der Waals surface area contributed by atoms with Crippen molar-refractivity contribution in [2.75, 3.05) is 11.2 Å². The van der Waals surface area contributed by atoms with Crippen molar-refractivity contribution in [2.24, 2.45) is 0 Å². The maximum atomic E-state index is 11.2. The van der Waals surface area contributed by atoms with E-state index in [1.165, 1.54) is 6.20 Å². The van der Waals surface area contributed by atoms with Crippen LogP contribution in [0.25, 0.3) is 0 Å². The number of aromatic nitrogens is 1. The highest BCUT2D eigenvalue weighted by Crippen LogP contribution is 2.17. The van der Waals surface area contributed by atoms with E-state index in [0.29, 0.717) is 23.9 Å². The van der Waals surface area contributed by atoms with E-state index in [1.54, 1.807) is 0 Å². The standard InChI is InChI=1S/C8H9ClN2O3S/c9-3-1-2-6(12)11-8-10-4-5(15-8)7(13)14/h4H,1-3H2,(H,13,14)(H,10,11,12). The van der Waals surface area contributed by atoms with Crippen molar-refractivity contribution in [3.63, 3.8) is 0 Å². The number of carbonyl (C=O) groups is 2. The molecule has 0 bridgehead atoms. The molecule has 0 aromatic carbocycles. The molecule has 1 aromatic rings. The zero-order valence-electron chi connectivity index (χ0n) is 7.70. The van der Waals surface area contributed by atoms with Crippen molar-refractivity contribution in [2.45, 2.75) is 12.8 Å². The summed E-state index contributed by atoms with van der Waals surface area (Å²) in [7, 11) is 0. The normalized spacial score (nSPS) is 9.93. The third-order valence-corrected chi connectivity index (χ3v) is 2.67. The van der Waals surface area contributed by atoms with Gasteiger partial charge >= 0.3 is 5.97 Å². The molecule has 0 aliphatic carbocycles. The van der Waals surface area contributed by atoms with Gasteiger partial charge in [-0.3, -0.25) is 4.79 Å². The SMILES string of the molecule is O=C(CCCCl)Nc1ncc(C(=O)O)s1. The maximum Gasteiger partial charge on any atom is 0.347 e. The lowest BCUT2D eigenvalue weighted by Gasteiger charge is -1.98. The fraction of sp³-hybridized carbons (Fsp3) is 0.375. The van der Waals surface area contributed by atoms with Crippen LogP contribution in [0.2, 0.25) is 0 Å². The first kappa shape index (κ1) is 11.9. The van der Waals surface area contributed by atoms with Gasteiger partial charge in [-0.15, -0.1) is 11.6 Å². The van der Waals surface area contributed by atoms with Crippen LogP contribution in [-0.4, -0.2) is 27.8 Å². The molecule has 15 heavy (non-hydrogen) atoms. The number of amides is 1. The van der Waals surface area contributed by atoms with Crippen LogP contribution in [0.3, 0.4) is 0 Å². The molecule has 7 heteroatoms. The molecule has 5 nitrogen and oxygen atoms in total. The van der Waals surface area contributed by atoms with Crippen molar-refractivity contribution < 1.29 is 14.7 Å². The van der Waals surface area contributed by atoms with Gasteiger partial charge in [0, 0.05) is 12.3 Å². The van der Waals surface area contributed by atoms with Gasteiger partial charge in [0.2, 0.25) is 5.91 Å². The van der Waals surface area contributed by atoms with Gasteiger partial charge in [-0.1, -0.05) is 11.3 Å². The molecule has 82 valence electrons. The number of carbonyl (C=O) groups excluding carboxylic acids is 1. The average Bonchev–Trinajstić information content (AvgIpc) is 2.63. The zero-order valence-corrected chi connectivity index (χ0v) is 9.27. The number of thiazole rings is 1. The van der Waals surface area contributed by atoms with Gasteiger partial charge in [0.05, 0.1) is 6.20 Å². The van der Waals surface area contributed by atoms with Crippen molar-refractivity contribution in [3.05, 3.63) is 11.1 Å². The molecule has 0 saturated heterocycles. The van der Waals surface area contributed by atoms with Crippen LogP contribution >= 0.6 is 22.9 Å². The second-order valence-corrected chi connectivity index (χ2v) is 4.08. The largest absolute Gasteiger partial charge is 0.477 e. The molecule has 2 N–H and O–H groups in total.